The first kappa shape index (κ1) is 48.6. The topological polar surface area (TPSA) is 113 Å². The molecule has 1 saturated heterocycles. The summed E-state index contributed by atoms with van der Waals surface area (Å²) < 4.78 is 33.9. The van der Waals surface area contributed by atoms with Crippen LogP contribution < -0.4 is 5.73 Å². The molecule has 0 spiro atoms. The summed E-state index contributed by atoms with van der Waals surface area (Å²) in [7, 11) is 0. The first-order valence-corrected chi connectivity index (χ1v) is 23.4. The number of rotatable bonds is 31. The summed E-state index contributed by atoms with van der Waals surface area (Å²) in [5.41, 5.74) is 10.9. The molecule has 0 aliphatic carbocycles. The largest absolute Gasteiger partial charge is 0.390 e. The average Bonchev–Trinajstić information content (AvgIpc) is 3.30. The highest BCUT2D eigenvalue weighted by molar-refractivity contribution is 5.16. The van der Waals surface area contributed by atoms with E-state index in [-0.39, 0.29) is 6.61 Å². The fourth-order valence-electron chi connectivity index (χ4n) is 8.30. The van der Waals surface area contributed by atoms with Crippen LogP contribution in [0, 0.1) is 0 Å². The second kappa shape index (κ2) is 29.0. The van der Waals surface area contributed by atoms with Crippen LogP contribution >= 0.6 is 0 Å². The van der Waals surface area contributed by atoms with Crippen molar-refractivity contribution in [3.63, 3.8) is 0 Å². The van der Waals surface area contributed by atoms with Crippen molar-refractivity contribution < 1.29 is 33.9 Å². The highest BCUT2D eigenvalue weighted by atomic mass is 16.6. The lowest BCUT2D eigenvalue weighted by Gasteiger charge is -2.46. The summed E-state index contributed by atoms with van der Waals surface area (Å²) >= 11 is 0. The number of nitrogens with two attached hydrogens (primary N) is 1. The molecule has 0 saturated carbocycles. The van der Waals surface area contributed by atoms with Gasteiger partial charge in [0, 0.05) is 6.04 Å². The molecule has 0 radical (unpaired) electrons. The van der Waals surface area contributed by atoms with Gasteiger partial charge in [-0.25, -0.2) is 0 Å². The Hall–Kier alpha value is -3.44. The molecule has 4 aromatic carbocycles. The van der Waals surface area contributed by atoms with Crippen LogP contribution in [0.3, 0.4) is 0 Å². The van der Waals surface area contributed by atoms with E-state index in [1.54, 1.807) is 0 Å². The van der Waals surface area contributed by atoms with Crippen LogP contribution in [0.1, 0.15) is 125 Å². The minimum atomic E-state index is -1.04. The van der Waals surface area contributed by atoms with Crippen molar-refractivity contribution in [1.29, 1.82) is 0 Å². The zero-order valence-electron chi connectivity index (χ0n) is 36.8. The van der Waals surface area contributed by atoms with E-state index in [0.29, 0.717) is 45.7 Å². The van der Waals surface area contributed by atoms with Crippen molar-refractivity contribution in [1.82, 2.24) is 0 Å². The zero-order chi connectivity index (χ0) is 42.7. The summed E-state index contributed by atoms with van der Waals surface area (Å²) in [5.74, 6) is 0. The minimum Gasteiger partial charge on any atom is -0.390 e. The number of benzene rings is 4. The van der Waals surface area contributed by atoms with Crippen LogP contribution in [-0.4, -0.2) is 65.6 Å². The van der Waals surface area contributed by atoms with Gasteiger partial charge in [-0.3, -0.25) is 0 Å². The lowest BCUT2D eigenvalue weighted by Crippen LogP contribution is -2.61. The molecule has 8 atom stereocenters. The Labute approximate surface area is 367 Å². The molecule has 1 aliphatic heterocycles. The Morgan fingerprint density at radius 1 is 0.492 bits per heavy atom. The third-order valence-corrected chi connectivity index (χ3v) is 12.0. The van der Waals surface area contributed by atoms with Crippen LogP contribution in [0.5, 0.6) is 0 Å². The maximum Gasteiger partial charge on any atom is 0.115 e. The molecule has 8 nitrogen and oxygen atoms in total. The number of ether oxygens (including phenoxy) is 5. The summed E-state index contributed by atoms with van der Waals surface area (Å²) in [6, 6.07) is 39.8. The van der Waals surface area contributed by atoms with Crippen LogP contribution in [-0.2, 0) is 50.1 Å². The fourth-order valence-corrected chi connectivity index (χ4v) is 8.30. The van der Waals surface area contributed by atoms with Crippen molar-refractivity contribution in [3.05, 3.63) is 144 Å². The van der Waals surface area contributed by atoms with E-state index in [4.69, 9.17) is 29.4 Å². The monoisotopic (exact) mass is 838 g/mol. The van der Waals surface area contributed by atoms with Crippen molar-refractivity contribution in [2.45, 2.75) is 178 Å². The summed E-state index contributed by atoms with van der Waals surface area (Å²) in [6.07, 6.45) is 11.9. The number of hydrogen-bond donors (Lipinski definition) is 3. The molecule has 0 aromatic heterocycles. The van der Waals surface area contributed by atoms with Gasteiger partial charge in [-0.05, 0) is 41.5 Å². The number of aliphatic hydroxyl groups excluding tert-OH is 2. The standard InChI is InChI=1S/C53H75NO7/c1-2-3-4-5-6-7-8-9-10-11-12-25-34-47(55)50(56)46(54)35-36-48-51(58-38-43-28-19-14-20-29-43)53(60-40-45-32-23-16-24-33-45)52(59-39-44-30-21-15-22-31-44)49(61-48)41-57-37-42-26-17-13-18-27-42/h13-24,26-33,46-53,55-56H,2-12,25,34-41,54H2,1H3/t46-,47+,48-,49+,50-,51-,52-,53+/m0/s1. The molecule has 4 aromatic rings. The van der Waals surface area contributed by atoms with Gasteiger partial charge >= 0.3 is 0 Å². The fraction of sp³-hybridized carbons (Fsp3) is 0.547. The van der Waals surface area contributed by atoms with Gasteiger partial charge in [-0.15, -0.1) is 0 Å². The Balaban J connectivity index is 1.25. The maximum atomic E-state index is 11.3. The third-order valence-electron chi connectivity index (χ3n) is 12.0. The van der Waals surface area contributed by atoms with Gasteiger partial charge in [0.05, 0.1) is 51.3 Å². The molecule has 5 rings (SSSR count). The Kier molecular flexibility index (Phi) is 23.1. The summed E-state index contributed by atoms with van der Waals surface area (Å²) in [5, 5.41) is 22.3. The van der Waals surface area contributed by atoms with E-state index in [1.165, 1.54) is 57.8 Å². The normalized spacial score (nSPS) is 20.6. The summed E-state index contributed by atoms with van der Waals surface area (Å²) in [6.45, 7) is 4.03. The molecule has 8 heteroatoms. The third kappa shape index (κ3) is 18.1. The molecule has 1 fully saturated rings. The molecule has 4 N–H and O–H groups in total. The molecule has 1 heterocycles. The predicted octanol–water partition coefficient (Wildman–Crippen LogP) is 10.6. The molecule has 0 unspecified atom stereocenters. The van der Waals surface area contributed by atoms with E-state index in [1.807, 2.05) is 97.1 Å². The number of hydrogen-bond acceptors (Lipinski definition) is 8. The molecular weight excluding hydrogens is 763 g/mol. The maximum absolute atomic E-state index is 11.3. The van der Waals surface area contributed by atoms with Crippen molar-refractivity contribution in [2.24, 2.45) is 5.73 Å². The predicted molar refractivity (Wildman–Crippen MR) is 245 cm³/mol. The molecular formula is C53H75NO7. The minimum absolute atomic E-state index is 0.272. The zero-order valence-corrected chi connectivity index (χ0v) is 36.8. The van der Waals surface area contributed by atoms with E-state index >= 15 is 0 Å². The smallest absolute Gasteiger partial charge is 0.115 e. The summed E-state index contributed by atoms with van der Waals surface area (Å²) in [4.78, 5) is 0. The Bertz CT molecular complexity index is 1650. The molecule has 334 valence electrons. The van der Waals surface area contributed by atoms with Gasteiger partial charge < -0.3 is 39.6 Å². The van der Waals surface area contributed by atoms with Gasteiger partial charge in [0.2, 0.25) is 0 Å². The van der Waals surface area contributed by atoms with Crippen molar-refractivity contribution in [2.75, 3.05) is 6.61 Å². The van der Waals surface area contributed by atoms with Crippen LogP contribution in [0.15, 0.2) is 121 Å². The van der Waals surface area contributed by atoms with E-state index < -0.39 is 48.8 Å². The highest BCUT2D eigenvalue weighted by Crippen LogP contribution is 2.33. The van der Waals surface area contributed by atoms with Gasteiger partial charge in [0.25, 0.3) is 0 Å². The molecule has 0 amide bonds. The van der Waals surface area contributed by atoms with E-state index in [0.717, 1.165) is 41.5 Å². The Morgan fingerprint density at radius 2 is 0.885 bits per heavy atom. The lowest BCUT2D eigenvalue weighted by atomic mass is 9.89. The number of aliphatic hydroxyl groups is 2. The van der Waals surface area contributed by atoms with Gasteiger partial charge in [-0.1, -0.05) is 205 Å². The van der Waals surface area contributed by atoms with Gasteiger partial charge in [0.15, 0.2) is 0 Å². The van der Waals surface area contributed by atoms with Crippen molar-refractivity contribution in [3.8, 4) is 0 Å². The quantitative estimate of drug-likeness (QED) is 0.0430. The first-order chi connectivity index (χ1) is 30.0. The SMILES string of the molecule is CCCCCCCCCCCCCC[C@@H](O)[C@@H](O)[C@@H](N)CC[C@@H]1O[C@H](COCc2ccccc2)[C@H](OCc2ccccc2)[C@H](OCc2ccccc2)[C@H]1OCc1ccccc1. The highest BCUT2D eigenvalue weighted by Gasteiger charge is 2.48. The second-order valence-corrected chi connectivity index (χ2v) is 17.0. The Morgan fingerprint density at radius 3 is 1.34 bits per heavy atom. The van der Waals surface area contributed by atoms with E-state index in [2.05, 4.69) is 31.2 Å². The van der Waals surface area contributed by atoms with Crippen molar-refractivity contribution >= 4 is 0 Å². The van der Waals surface area contributed by atoms with E-state index in [9.17, 15) is 10.2 Å². The van der Waals surface area contributed by atoms with Gasteiger partial charge in [-0.2, -0.15) is 0 Å². The first-order valence-electron chi connectivity index (χ1n) is 23.4. The molecule has 61 heavy (non-hydrogen) atoms. The second-order valence-electron chi connectivity index (χ2n) is 17.0. The van der Waals surface area contributed by atoms with Crippen LogP contribution in [0.2, 0.25) is 0 Å². The molecule has 1 aliphatic rings. The molecule has 0 bridgehead atoms. The van der Waals surface area contributed by atoms with Crippen LogP contribution in [0.25, 0.3) is 0 Å². The van der Waals surface area contributed by atoms with Crippen LogP contribution in [0.4, 0.5) is 0 Å². The van der Waals surface area contributed by atoms with Gasteiger partial charge in [0.1, 0.15) is 24.4 Å². The average molecular weight is 838 g/mol. The lowest BCUT2D eigenvalue weighted by molar-refractivity contribution is -0.274. The number of unbranched alkanes of at least 4 members (excludes halogenated alkanes) is 11.